The first-order valence-corrected chi connectivity index (χ1v) is 5.40. The highest BCUT2D eigenvalue weighted by Crippen LogP contribution is 2.22. The van der Waals surface area contributed by atoms with Crippen LogP contribution in [0.4, 0.5) is 10.1 Å². The van der Waals surface area contributed by atoms with Gasteiger partial charge >= 0.3 is 0 Å². The van der Waals surface area contributed by atoms with E-state index in [1.54, 1.807) is 18.2 Å². The highest BCUT2D eigenvalue weighted by atomic mass is 79.9. The third kappa shape index (κ3) is 3.12. The number of alkyl halides is 1. The summed E-state index contributed by atoms with van der Waals surface area (Å²) in [4.78, 5) is 0. The molecule has 0 aliphatic heterocycles. The van der Waals surface area contributed by atoms with E-state index in [9.17, 15) is 4.39 Å². The van der Waals surface area contributed by atoms with E-state index in [-0.39, 0.29) is 18.2 Å². The maximum Gasteiger partial charge on any atom is 0.160 e. The molecule has 0 saturated carbocycles. The molecule has 0 aliphatic rings. The Morgan fingerprint density at radius 1 is 1.57 bits per heavy atom. The number of anilines is 1. The van der Waals surface area contributed by atoms with Gasteiger partial charge in [0, 0.05) is 6.54 Å². The van der Waals surface area contributed by atoms with Crippen LogP contribution in [0.15, 0.2) is 22.7 Å². The zero-order valence-electron chi connectivity index (χ0n) is 7.30. The predicted molar refractivity (Wildman–Crippen MR) is 59.3 cm³/mol. The van der Waals surface area contributed by atoms with Crippen molar-refractivity contribution in [2.45, 2.75) is 6.10 Å². The Hall–Kier alpha value is -0.320. The second-order valence-electron chi connectivity index (χ2n) is 2.79. The second-order valence-corrected chi connectivity index (χ2v) is 3.95. The van der Waals surface area contributed by atoms with Gasteiger partial charge in [0.1, 0.15) is 0 Å². The van der Waals surface area contributed by atoms with Gasteiger partial charge in [0.15, 0.2) is 5.82 Å². The zero-order valence-corrected chi connectivity index (χ0v) is 9.65. The minimum atomic E-state index is -0.671. The zero-order chi connectivity index (χ0) is 10.6. The van der Waals surface area contributed by atoms with Crippen LogP contribution in [-0.2, 0) is 0 Å². The van der Waals surface area contributed by atoms with Crippen LogP contribution in [0.25, 0.3) is 0 Å². The van der Waals surface area contributed by atoms with Crippen molar-refractivity contribution >= 4 is 33.2 Å². The van der Waals surface area contributed by atoms with Gasteiger partial charge in [-0.3, -0.25) is 0 Å². The van der Waals surface area contributed by atoms with Crippen molar-refractivity contribution in [1.82, 2.24) is 0 Å². The molecule has 2 nitrogen and oxygen atoms in total. The van der Waals surface area contributed by atoms with Crippen molar-refractivity contribution in [3.05, 3.63) is 28.5 Å². The summed E-state index contributed by atoms with van der Waals surface area (Å²) >= 11 is 8.46. The molecule has 0 bridgehead atoms. The average Bonchev–Trinajstić information content (AvgIpc) is 2.20. The van der Waals surface area contributed by atoms with E-state index in [1.165, 1.54) is 0 Å². The van der Waals surface area contributed by atoms with Crippen molar-refractivity contribution in [2.75, 3.05) is 17.7 Å². The molecule has 5 heteroatoms. The van der Waals surface area contributed by atoms with Crippen molar-refractivity contribution in [3.8, 4) is 0 Å². The second kappa shape index (κ2) is 5.53. The molecule has 1 unspecified atom stereocenters. The molecule has 0 spiro atoms. The average molecular weight is 283 g/mol. The van der Waals surface area contributed by atoms with Crippen molar-refractivity contribution < 1.29 is 9.50 Å². The molecule has 0 radical (unpaired) electrons. The fourth-order valence-electron chi connectivity index (χ4n) is 0.923. The van der Waals surface area contributed by atoms with E-state index in [1.807, 2.05) is 0 Å². The van der Waals surface area contributed by atoms with Crippen LogP contribution in [0, 0.1) is 5.82 Å². The lowest BCUT2D eigenvalue weighted by Gasteiger charge is -2.11. The number of aliphatic hydroxyl groups is 1. The summed E-state index contributed by atoms with van der Waals surface area (Å²) in [6.45, 7) is 0.233. The third-order valence-electron chi connectivity index (χ3n) is 1.66. The van der Waals surface area contributed by atoms with Crippen LogP contribution in [-0.4, -0.2) is 23.6 Å². The molecule has 0 aromatic heterocycles. The Balaban J connectivity index is 2.63. The Morgan fingerprint density at radius 2 is 2.29 bits per heavy atom. The van der Waals surface area contributed by atoms with Crippen LogP contribution >= 0.6 is 27.5 Å². The lowest BCUT2D eigenvalue weighted by molar-refractivity contribution is 0.211. The van der Waals surface area contributed by atoms with Crippen LogP contribution < -0.4 is 5.32 Å². The minimum Gasteiger partial charge on any atom is -0.390 e. The lowest BCUT2D eigenvalue weighted by Crippen LogP contribution is -2.21. The first-order valence-electron chi connectivity index (χ1n) is 4.07. The minimum absolute atomic E-state index is 0.128. The van der Waals surface area contributed by atoms with Gasteiger partial charge in [0.2, 0.25) is 0 Å². The molecule has 14 heavy (non-hydrogen) atoms. The van der Waals surface area contributed by atoms with Gasteiger partial charge in [-0.15, -0.1) is 11.6 Å². The fraction of sp³-hybridized carbons (Fsp3) is 0.333. The molecule has 0 fully saturated rings. The first-order chi connectivity index (χ1) is 6.65. The molecule has 1 aromatic rings. The number of hydrogen-bond acceptors (Lipinski definition) is 2. The molecule has 0 amide bonds. The Labute approximate surface area is 95.2 Å². The van der Waals surface area contributed by atoms with Crippen molar-refractivity contribution in [2.24, 2.45) is 0 Å². The Bertz CT molecular complexity index is 311. The molecule has 0 heterocycles. The summed E-state index contributed by atoms with van der Waals surface area (Å²) in [5.41, 5.74) is 0.351. The van der Waals surface area contributed by atoms with Gasteiger partial charge in [-0.25, -0.2) is 4.39 Å². The van der Waals surface area contributed by atoms with Crippen LogP contribution in [0.5, 0.6) is 0 Å². The molecule has 1 atom stereocenters. The smallest absolute Gasteiger partial charge is 0.160 e. The van der Waals surface area contributed by atoms with E-state index >= 15 is 0 Å². The van der Waals surface area contributed by atoms with E-state index in [4.69, 9.17) is 16.7 Å². The van der Waals surface area contributed by atoms with Crippen molar-refractivity contribution in [1.29, 1.82) is 0 Å². The van der Waals surface area contributed by atoms with E-state index in [2.05, 4.69) is 21.2 Å². The quantitative estimate of drug-likeness (QED) is 0.832. The Kier molecular flexibility index (Phi) is 4.65. The topological polar surface area (TPSA) is 32.3 Å². The maximum absolute atomic E-state index is 13.3. The maximum atomic E-state index is 13.3. The van der Waals surface area contributed by atoms with Crippen LogP contribution in [0.2, 0.25) is 0 Å². The van der Waals surface area contributed by atoms with Gasteiger partial charge in [0.25, 0.3) is 0 Å². The Morgan fingerprint density at radius 3 is 2.93 bits per heavy atom. The van der Waals surface area contributed by atoms with Crippen molar-refractivity contribution in [3.63, 3.8) is 0 Å². The van der Waals surface area contributed by atoms with Gasteiger partial charge in [-0.2, -0.15) is 0 Å². The molecule has 78 valence electrons. The largest absolute Gasteiger partial charge is 0.390 e. The standard InChI is InChI=1S/C9H10BrClFNO/c10-7-2-1-3-8(9(7)12)13-5-6(14)4-11/h1-3,6,13-14H,4-5H2. The van der Waals surface area contributed by atoms with E-state index in [0.29, 0.717) is 10.2 Å². The summed E-state index contributed by atoms with van der Waals surface area (Å²) in [6, 6.07) is 4.92. The summed E-state index contributed by atoms with van der Waals surface area (Å²) in [6.07, 6.45) is -0.671. The molecule has 1 rings (SSSR count). The summed E-state index contributed by atoms with van der Waals surface area (Å²) in [5, 5.41) is 11.9. The van der Waals surface area contributed by atoms with Gasteiger partial charge in [-0.05, 0) is 28.1 Å². The highest BCUT2D eigenvalue weighted by molar-refractivity contribution is 9.10. The first kappa shape index (κ1) is 11.8. The summed E-state index contributed by atoms with van der Waals surface area (Å²) in [5.74, 6) is -0.239. The SMILES string of the molecule is OC(CCl)CNc1cccc(Br)c1F. The number of aliphatic hydroxyl groups excluding tert-OH is 1. The monoisotopic (exact) mass is 281 g/mol. The number of nitrogens with one attached hydrogen (secondary N) is 1. The number of halogens is 3. The molecule has 0 aliphatic carbocycles. The molecule has 2 N–H and O–H groups in total. The van der Waals surface area contributed by atoms with Crippen LogP contribution in [0.3, 0.4) is 0 Å². The van der Waals surface area contributed by atoms with Gasteiger partial charge < -0.3 is 10.4 Å². The number of hydrogen-bond donors (Lipinski definition) is 2. The number of rotatable bonds is 4. The third-order valence-corrected chi connectivity index (χ3v) is 2.63. The predicted octanol–water partition coefficient (Wildman–Crippen LogP) is 2.60. The van der Waals surface area contributed by atoms with Crippen LogP contribution in [0.1, 0.15) is 0 Å². The fourth-order valence-corrected chi connectivity index (χ4v) is 1.40. The van der Waals surface area contributed by atoms with E-state index in [0.717, 1.165) is 0 Å². The van der Waals surface area contributed by atoms with Gasteiger partial charge in [0.05, 0.1) is 22.1 Å². The summed E-state index contributed by atoms with van der Waals surface area (Å²) in [7, 11) is 0. The summed E-state index contributed by atoms with van der Waals surface area (Å²) < 4.78 is 13.7. The molecule has 1 aromatic carbocycles. The molecule has 0 saturated heterocycles. The normalized spacial score (nSPS) is 12.6. The molecular formula is C9H10BrClFNO. The van der Waals surface area contributed by atoms with Gasteiger partial charge in [-0.1, -0.05) is 6.07 Å². The lowest BCUT2D eigenvalue weighted by atomic mass is 10.3. The van der Waals surface area contributed by atoms with E-state index < -0.39 is 6.10 Å². The number of benzene rings is 1. The molecular weight excluding hydrogens is 272 g/mol. The highest BCUT2D eigenvalue weighted by Gasteiger charge is 2.07.